The van der Waals surface area contributed by atoms with Gasteiger partial charge in [0, 0.05) is 5.56 Å². The summed E-state index contributed by atoms with van der Waals surface area (Å²) in [7, 11) is 4.31. The number of hydrogen-bond donors (Lipinski definition) is 0. The molecule has 0 aliphatic rings. The molecule has 0 radical (unpaired) electrons. The topological polar surface area (TPSA) is 35.5 Å². The Kier molecular flexibility index (Phi) is 16.5. The molecule has 2 aromatic carbocycles. The highest BCUT2D eigenvalue weighted by atomic mass is 16.5. The molecular weight excluding hydrogens is 470 g/mol. The first-order valence-electron chi connectivity index (χ1n) is 15.2. The first-order valence-corrected chi connectivity index (χ1v) is 15.2. The van der Waals surface area contributed by atoms with Crippen LogP contribution in [0.1, 0.15) is 102 Å². The van der Waals surface area contributed by atoms with Crippen LogP contribution in [0.25, 0.3) is 0 Å². The zero-order valence-corrected chi connectivity index (χ0v) is 24.6. The van der Waals surface area contributed by atoms with Gasteiger partial charge in [-0.1, -0.05) is 107 Å². The van der Waals surface area contributed by atoms with Crippen molar-refractivity contribution < 1.29 is 18.8 Å². The summed E-state index contributed by atoms with van der Waals surface area (Å²) >= 11 is 0. The van der Waals surface area contributed by atoms with Crippen LogP contribution in [0.3, 0.4) is 0 Å². The Hall–Kier alpha value is -2.33. The van der Waals surface area contributed by atoms with E-state index in [1.165, 1.54) is 75.3 Å². The smallest absolute Gasteiger partial charge is 0.311 e. The molecule has 0 atom stereocenters. The van der Waals surface area contributed by atoms with Gasteiger partial charge in [-0.05, 0) is 43.4 Å². The summed E-state index contributed by atoms with van der Waals surface area (Å²) in [5.74, 6) is 0.842. The first-order chi connectivity index (χ1) is 18.5. The zero-order chi connectivity index (χ0) is 27.3. The molecule has 0 spiro atoms. The maximum absolute atomic E-state index is 12.2. The summed E-state index contributed by atoms with van der Waals surface area (Å²) in [6.45, 7) is 5.07. The van der Waals surface area contributed by atoms with Gasteiger partial charge in [0.05, 0.1) is 40.3 Å². The van der Waals surface area contributed by atoms with Crippen molar-refractivity contribution in [2.45, 2.75) is 103 Å². The third kappa shape index (κ3) is 15.8. The van der Waals surface area contributed by atoms with Gasteiger partial charge in [0.2, 0.25) is 0 Å². The van der Waals surface area contributed by atoms with Gasteiger partial charge in [-0.3, -0.25) is 4.79 Å². The monoisotopic (exact) mass is 524 g/mol. The van der Waals surface area contributed by atoms with Crippen molar-refractivity contribution >= 4 is 5.97 Å². The fourth-order valence-electron chi connectivity index (χ4n) is 4.81. The van der Waals surface area contributed by atoms with Gasteiger partial charge in [-0.25, -0.2) is 0 Å². The minimum atomic E-state index is -0.107. The van der Waals surface area contributed by atoms with Crippen LogP contribution in [0.4, 0.5) is 0 Å². The van der Waals surface area contributed by atoms with Gasteiger partial charge in [-0.15, -0.1) is 0 Å². The molecule has 0 fully saturated rings. The van der Waals surface area contributed by atoms with Crippen molar-refractivity contribution in [3.63, 3.8) is 0 Å². The number of carbonyl (C=O) groups is 1. The molecule has 0 aliphatic heterocycles. The molecule has 0 amide bonds. The molecular formula is C34H54NO3+. The molecule has 0 aliphatic carbocycles. The average Bonchev–Trinajstić information content (AvgIpc) is 2.91. The fourth-order valence-corrected chi connectivity index (χ4v) is 4.81. The van der Waals surface area contributed by atoms with E-state index in [-0.39, 0.29) is 5.97 Å². The molecule has 0 aromatic heterocycles. The van der Waals surface area contributed by atoms with E-state index in [0.29, 0.717) is 19.6 Å². The minimum Gasteiger partial charge on any atom is -0.494 e. The summed E-state index contributed by atoms with van der Waals surface area (Å²) in [5, 5.41) is 0. The lowest BCUT2D eigenvalue weighted by Crippen LogP contribution is -2.40. The highest BCUT2D eigenvalue weighted by molar-refractivity contribution is 5.69. The standard InChI is InChI=1S/C34H54NO3/c1-4-5-6-7-8-9-10-11-12-14-20-31-23-19-24-33(29-31)37-27-17-18-28-38-34(36)25-26-35(2,3)30-32-21-15-13-16-22-32/h13,15-16,19,21-24,29H,4-12,14,17-18,20,25-28,30H2,1-3H3/q+1. The third-order valence-corrected chi connectivity index (χ3v) is 7.16. The van der Waals surface area contributed by atoms with Crippen molar-refractivity contribution in [1.29, 1.82) is 0 Å². The quantitative estimate of drug-likeness (QED) is 0.0879. The Bertz CT molecular complexity index is 865. The number of rotatable bonds is 22. The predicted octanol–water partition coefficient (Wildman–Crippen LogP) is 8.52. The molecule has 0 bridgehead atoms. The van der Waals surface area contributed by atoms with Gasteiger partial charge in [-0.2, -0.15) is 0 Å². The van der Waals surface area contributed by atoms with Gasteiger partial charge < -0.3 is 14.0 Å². The van der Waals surface area contributed by atoms with E-state index in [9.17, 15) is 4.79 Å². The molecule has 38 heavy (non-hydrogen) atoms. The number of aryl methyl sites for hydroxylation is 1. The van der Waals surface area contributed by atoms with Crippen molar-refractivity contribution in [3.8, 4) is 5.75 Å². The van der Waals surface area contributed by atoms with Crippen molar-refractivity contribution in [2.75, 3.05) is 33.9 Å². The van der Waals surface area contributed by atoms with Crippen LogP contribution in [0.2, 0.25) is 0 Å². The summed E-state index contributed by atoms with van der Waals surface area (Å²) in [6.07, 6.45) is 17.0. The van der Waals surface area contributed by atoms with Gasteiger partial charge in [0.1, 0.15) is 12.3 Å². The highest BCUT2D eigenvalue weighted by Gasteiger charge is 2.18. The first kappa shape index (κ1) is 31.9. The van der Waals surface area contributed by atoms with Crippen LogP contribution < -0.4 is 4.74 Å². The molecule has 2 aromatic rings. The van der Waals surface area contributed by atoms with Crippen molar-refractivity contribution in [2.24, 2.45) is 0 Å². The molecule has 0 saturated heterocycles. The van der Waals surface area contributed by atoms with E-state index in [0.717, 1.165) is 42.6 Å². The minimum absolute atomic E-state index is 0.107. The molecule has 0 heterocycles. The van der Waals surface area contributed by atoms with Crippen molar-refractivity contribution in [3.05, 3.63) is 65.7 Å². The zero-order valence-electron chi connectivity index (χ0n) is 24.6. The highest BCUT2D eigenvalue weighted by Crippen LogP contribution is 2.17. The number of hydrogen-bond acceptors (Lipinski definition) is 3. The van der Waals surface area contributed by atoms with E-state index < -0.39 is 0 Å². The maximum atomic E-state index is 12.2. The fraction of sp³-hybridized carbons (Fsp3) is 0.618. The number of nitrogens with zero attached hydrogens (tertiary/aromatic N) is 1. The lowest BCUT2D eigenvalue weighted by molar-refractivity contribution is -0.903. The predicted molar refractivity (Wildman–Crippen MR) is 159 cm³/mol. The molecule has 0 saturated carbocycles. The SMILES string of the molecule is CCCCCCCCCCCCc1cccc(OCCCCOC(=O)CC[N+](C)(C)Cc2ccccc2)c1. The van der Waals surface area contributed by atoms with E-state index in [1.807, 2.05) is 12.1 Å². The van der Waals surface area contributed by atoms with Gasteiger partial charge >= 0.3 is 5.97 Å². The van der Waals surface area contributed by atoms with E-state index in [1.54, 1.807) is 0 Å². The van der Waals surface area contributed by atoms with Crippen LogP contribution in [0, 0.1) is 0 Å². The molecule has 0 unspecified atom stereocenters. The third-order valence-electron chi connectivity index (χ3n) is 7.16. The molecule has 0 N–H and O–H groups in total. The second kappa shape index (κ2) is 19.7. The van der Waals surface area contributed by atoms with Crippen LogP contribution >= 0.6 is 0 Å². The summed E-state index contributed by atoms with van der Waals surface area (Å²) < 4.78 is 12.2. The normalized spacial score (nSPS) is 11.4. The number of esters is 1. The molecule has 2 rings (SSSR count). The Morgan fingerprint density at radius 3 is 2.05 bits per heavy atom. The van der Waals surface area contributed by atoms with Crippen LogP contribution in [-0.2, 0) is 22.5 Å². The molecule has 4 heteroatoms. The van der Waals surface area contributed by atoms with Crippen molar-refractivity contribution in [1.82, 2.24) is 0 Å². The Morgan fingerprint density at radius 1 is 0.711 bits per heavy atom. The maximum Gasteiger partial charge on any atom is 0.311 e. The number of ether oxygens (including phenoxy) is 2. The number of benzene rings is 2. The van der Waals surface area contributed by atoms with Crippen LogP contribution in [0.15, 0.2) is 54.6 Å². The summed E-state index contributed by atoms with van der Waals surface area (Å²) in [6, 6.07) is 18.9. The van der Waals surface area contributed by atoms with Gasteiger partial charge in [0.15, 0.2) is 0 Å². The number of quaternary nitrogens is 1. The van der Waals surface area contributed by atoms with E-state index >= 15 is 0 Å². The Labute approximate surface area is 233 Å². The van der Waals surface area contributed by atoms with E-state index in [2.05, 4.69) is 63.5 Å². The van der Waals surface area contributed by atoms with Gasteiger partial charge in [0.25, 0.3) is 0 Å². The van der Waals surface area contributed by atoms with Crippen LogP contribution in [-0.4, -0.2) is 44.3 Å². The molecule has 4 nitrogen and oxygen atoms in total. The second-order valence-corrected chi connectivity index (χ2v) is 11.4. The number of carbonyl (C=O) groups excluding carboxylic acids is 1. The largest absolute Gasteiger partial charge is 0.494 e. The second-order valence-electron chi connectivity index (χ2n) is 11.4. The van der Waals surface area contributed by atoms with Crippen LogP contribution in [0.5, 0.6) is 5.75 Å². The summed E-state index contributed by atoms with van der Waals surface area (Å²) in [5.41, 5.74) is 2.65. The molecule has 212 valence electrons. The Balaban J connectivity index is 1.48. The lowest BCUT2D eigenvalue weighted by Gasteiger charge is -2.29. The average molecular weight is 525 g/mol. The number of unbranched alkanes of at least 4 members (excludes halogenated alkanes) is 10. The summed E-state index contributed by atoms with van der Waals surface area (Å²) in [4.78, 5) is 12.2. The van der Waals surface area contributed by atoms with E-state index in [4.69, 9.17) is 9.47 Å². The Morgan fingerprint density at radius 2 is 1.34 bits per heavy atom. The lowest BCUT2D eigenvalue weighted by atomic mass is 10.0.